The second-order valence-electron chi connectivity index (χ2n) is 3.11. The molecule has 1 aromatic rings. The van der Waals surface area contributed by atoms with E-state index in [4.69, 9.17) is 16.9 Å². The molecule has 0 spiro atoms. The van der Waals surface area contributed by atoms with Crippen molar-refractivity contribution in [1.29, 1.82) is 5.26 Å². The monoisotopic (exact) mass is 321 g/mol. The Morgan fingerprint density at radius 3 is 2.62 bits per heavy atom. The Morgan fingerprint density at radius 1 is 1.44 bits per heavy atom. The van der Waals surface area contributed by atoms with Crippen LogP contribution >= 0.6 is 27.5 Å². The number of nitrogens with zero attached hydrogens (tertiary/aromatic N) is 1. The van der Waals surface area contributed by atoms with Crippen molar-refractivity contribution in [2.24, 2.45) is 0 Å². The first-order valence-corrected chi connectivity index (χ1v) is 7.47. The SMILES string of the molecule is N#Cc1ccc(S(=O)(=O)CCCCl)cc1Br. The van der Waals surface area contributed by atoms with Crippen LogP contribution in [0.4, 0.5) is 0 Å². The van der Waals surface area contributed by atoms with Gasteiger partial charge in [-0.3, -0.25) is 0 Å². The van der Waals surface area contributed by atoms with Crippen LogP contribution in [0, 0.1) is 11.3 Å². The van der Waals surface area contributed by atoms with E-state index in [2.05, 4.69) is 15.9 Å². The van der Waals surface area contributed by atoms with Gasteiger partial charge in [-0.1, -0.05) is 0 Å². The lowest BCUT2D eigenvalue weighted by Crippen LogP contribution is -2.07. The van der Waals surface area contributed by atoms with Crippen LogP contribution in [-0.2, 0) is 9.84 Å². The van der Waals surface area contributed by atoms with Crippen molar-refractivity contribution < 1.29 is 8.42 Å². The zero-order valence-corrected chi connectivity index (χ0v) is 11.4. The average molecular weight is 323 g/mol. The Bertz CT molecular complexity index is 522. The van der Waals surface area contributed by atoms with E-state index in [9.17, 15) is 8.42 Å². The first kappa shape index (κ1) is 13.5. The van der Waals surface area contributed by atoms with E-state index >= 15 is 0 Å². The van der Waals surface area contributed by atoms with Crippen molar-refractivity contribution in [1.82, 2.24) is 0 Å². The quantitative estimate of drug-likeness (QED) is 0.801. The van der Waals surface area contributed by atoms with E-state index in [1.807, 2.05) is 6.07 Å². The third kappa shape index (κ3) is 3.21. The van der Waals surface area contributed by atoms with Gasteiger partial charge in [0.05, 0.1) is 16.2 Å². The minimum Gasteiger partial charge on any atom is -0.224 e. The Kier molecular flexibility index (Phi) is 4.78. The molecule has 0 unspecified atom stereocenters. The summed E-state index contributed by atoms with van der Waals surface area (Å²) in [6.45, 7) is 0. The zero-order chi connectivity index (χ0) is 12.2. The molecule has 86 valence electrons. The maximum Gasteiger partial charge on any atom is 0.178 e. The molecule has 0 saturated carbocycles. The fourth-order valence-corrected chi connectivity index (χ4v) is 3.39. The van der Waals surface area contributed by atoms with Gasteiger partial charge >= 0.3 is 0 Å². The van der Waals surface area contributed by atoms with Crippen molar-refractivity contribution in [2.75, 3.05) is 11.6 Å². The number of rotatable bonds is 4. The normalized spacial score (nSPS) is 11.1. The van der Waals surface area contributed by atoms with Crippen LogP contribution in [0.3, 0.4) is 0 Å². The van der Waals surface area contributed by atoms with Gasteiger partial charge in [0.2, 0.25) is 0 Å². The van der Waals surface area contributed by atoms with Gasteiger partial charge in [-0.05, 0) is 40.5 Å². The first-order valence-electron chi connectivity index (χ1n) is 4.49. The van der Waals surface area contributed by atoms with Gasteiger partial charge in [0.15, 0.2) is 9.84 Å². The molecule has 0 aliphatic heterocycles. The molecule has 0 heterocycles. The van der Waals surface area contributed by atoms with Gasteiger partial charge in [-0.15, -0.1) is 11.6 Å². The molecule has 0 N–H and O–H groups in total. The maximum atomic E-state index is 11.8. The highest BCUT2D eigenvalue weighted by molar-refractivity contribution is 9.10. The van der Waals surface area contributed by atoms with Crippen LogP contribution in [-0.4, -0.2) is 20.1 Å². The maximum absolute atomic E-state index is 11.8. The standard InChI is InChI=1S/C10H9BrClNO2S/c11-10-6-9(3-2-8(10)7-13)16(14,15)5-1-4-12/h2-3,6H,1,4-5H2. The second-order valence-corrected chi connectivity index (χ2v) is 6.46. The third-order valence-corrected chi connectivity index (χ3v) is 4.69. The molecule has 0 radical (unpaired) electrons. The largest absolute Gasteiger partial charge is 0.224 e. The lowest BCUT2D eigenvalue weighted by atomic mass is 10.2. The molecular formula is C10H9BrClNO2S. The van der Waals surface area contributed by atoms with E-state index in [1.165, 1.54) is 18.2 Å². The molecular weight excluding hydrogens is 314 g/mol. The molecule has 0 fully saturated rings. The molecule has 0 aromatic heterocycles. The topological polar surface area (TPSA) is 57.9 Å². The summed E-state index contributed by atoms with van der Waals surface area (Å²) in [5.74, 6) is 0.339. The fourth-order valence-electron chi connectivity index (χ4n) is 1.14. The summed E-state index contributed by atoms with van der Waals surface area (Å²) < 4.78 is 24.0. The minimum absolute atomic E-state index is 0.0227. The Hall–Kier alpha value is -0.570. The summed E-state index contributed by atoms with van der Waals surface area (Å²) in [6.07, 6.45) is 0.418. The number of hydrogen-bond donors (Lipinski definition) is 0. The Morgan fingerprint density at radius 2 is 2.12 bits per heavy atom. The van der Waals surface area contributed by atoms with Crippen molar-refractivity contribution >= 4 is 37.4 Å². The molecule has 0 amide bonds. The van der Waals surface area contributed by atoms with Crippen molar-refractivity contribution in [3.63, 3.8) is 0 Å². The van der Waals surface area contributed by atoms with Crippen molar-refractivity contribution in [3.05, 3.63) is 28.2 Å². The van der Waals surface area contributed by atoms with Gasteiger partial charge in [0, 0.05) is 10.4 Å². The zero-order valence-electron chi connectivity index (χ0n) is 8.28. The van der Waals surface area contributed by atoms with E-state index in [-0.39, 0.29) is 10.6 Å². The van der Waals surface area contributed by atoms with Gasteiger partial charge in [-0.2, -0.15) is 5.26 Å². The summed E-state index contributed by atoms with van der Waals surface area (Å²) >= 11 is 8.61. The highest BCUT2D eigenvalue weighted by Gasteiger charge is 2.15. The number of hydrogen-bond acceptors (Lipinski definition) is 3. The van der Waals surface area contributed by atoms with E-state index in [0.717, 1.165) is 0 Å². The smallest absolute Gasteiger partial charge is 0.178 e. The molecule has 1 aromatic carbocycles. The van der Waals surface area contributed by atoms with Gasteiger partial charge < -0.3 is 0 Å². The minimum atomic E-state index is -3.29. The summed E-state index contributed by atoms with van der Waals surface area (Å²) in [5, 5.41) is 8.71. The Labute approximate surface area is 108 Å². The number of halogens is 2. The van der Waals surface area contributed by atoms with Crippen LogP contribution in [0.1, 0.15) is 12.0 Å². The lowest BCUT2D eigenvalue weighted by molar-refractivity contribution is 0.595. The summed E-state index contributed by atoms with van der Waals surface area (Å²) in [5.41, 5.74) is 0.413. The predicted octanol–water partition coefficient (Wildman–Crippen LogP) is 2.72. The van der Waals surface area contributed by atoms with Crippen molar-refractivity contribution in [2.45, 2.75) is 11.3 Å². The molecule has 0 aliphatic rings. The first-order chi connectivity index (χ1) is 7.51. The average Bonchev–Trinajstić information content (AvgIpc) is 2.26. The Balaban J connectivity index is 3.07. The molecule has 0 atom stereocenters. The second kappa shape index (κ2) is 5.67. The molecule has 0 aliphatic carbocycles. The summed E-state index contributed by atoms with van der Waals surface area (Å²) in [7, 11) is -3.29. The predicted molar refractivity (Wildman–Crippen MR) is 66.2 cm³/mol. The van der Waals surface area contributed by atoms with E-state index < -0.39 is 9.84 Å². The van der Waals surface area contributed by atoms with E-state index in [1.54, 1.807) is 0 Å². The van der Waals surface area contributed by atoms with Crippen LogP contribution in [0.15, 0.2) is 27.6 Å². The van der Waals surface area contributed by atoms with Gasteiger partial charge in [-0.25, -0.2) is 8.42 Å². The molecule has 6 heteroatoms. The van der Waals surface area contributed by atoms with Crippen LogP contribution in [0.2, 0.25) is 0 Å². The molecule has 0 saturated heterocycles. The van der Waals surface area contributed by atoms with Crippen LogP contribution in [0.25, 0.3) is 0 Å². The number of alkyl halides is 1. The van der Waals surface area contributed by atoms with Crippen LogP contribution in [0.5, 0.6) is 0 Å². The number of nitriles is 1. The fraction of sp³-hybridized carbons (Fsp3) is 0.300. The highest BCUT2D eigenvalue weighted by Crippen LogP contribution is 2.21. The number of sulfone groups is 1. The molecule has 1 rings (SSSR count). The third-order valence-electron chi connectivity index (χ3n) is 1.97. The highest BCUT2D eigenvalue weighted by atomic mass is 79.9. The summed E-state index contributed by atoms with van der Waals surface area (Å²) in [4.78, 5) is 0.212. The number of benzene rings is 1. The molecule has 16 heavy (non-hydrogen) atoms. The van der Waals surface area contributed by atoms with E-state index in [0.29, 0.717) is 22.3 Å². The molecule has 0 bridgehead atoms. The van der Waals surface area contributed by atoms with Crippen LogP contribution < -0.4 is 0 Å². The summed E-state index contributed by atoms with van der Waals surface area (Å²) in [6, 6.07) is 6.32. The lowest BCUT2D eigenvalue weighted by Gasteiger charge is -2.04. The van der Waals surface area contributed by atoms with Gasteiger partial charge in [0.1, 0.15) is 6.07 Å². The van der Waals surface area contributed by atoms with Gasteiger partial charge in [0.25, 0.3) is 0 Å². The van der Waals surface area contributed by atoms with Crippen molar-refractivity contribution in [3.8, 4) is 6.07 Å². The molecule has 3 nitrogen and oxygen atoms in total.